The molecule has 156 valence electrons. The van der Waals surface area contributed by atoms with Crippen molar-refractivity contribution >= 4 is 28.5 Å². The molecule has 0 spiro atoms. The summed E-state index contributed by atoms with van der Waals surface area (Å²) >= 11 is 0. The van der Waals surface area contributed by atoms with Crippen molar-refractivity contribution in [3.8, 4) is 11.5 Å². The second kappa shape index (κ2) is 8.39. The molecule has 1 unspecified atom stereocenters. The van der Waals surface area contributed by atoms with Crippen LogP contribution >= 0.6 is 0 Å². The van der Waals surface area contributed by atoms with Gasteiger partial charge in [-0.1, -0.05) is 30.3 Å². The maximum atomic E-state index is 13.8. The van der Waals surface area contributed by atoms with Crippen LogP contribution in [0.5, 0.6) is 0 Å². The number of aryl methyl sites for hydroxylation is 1. The first-order chi connectivity index (χ1) is 14.9. The molecule has 1 N–H and O–H groups in total. The van der Waals surface area contributed by atoms with Gasteiger partial charge in [0.15, 0.2) is 11.9 Å². The number of benzene rings is 2. The number of esters is 1. The molecule has 0 radical (unpaired) electrons. The van der Waals surface area contributed by atoms with E-state index in [-0.39, 0.29) is 11.3 Å². The van der Waals surface area contributed by atoms with Crippen molar-refractivity contribution in [1.29, 1.82) is 0 Å². The number of aromatic nitrogens is 1. The predicted octanol–water partition coefficient (Wildman–Crippen LogP) is 5.13. The molecular weight excluding hydrogens is 399 g/mol. The summed E-state index contributed by atoms with van der Waals surface area (Å²) in [4.78, 5) is 29.9. The number of hydrogen-bond donors (Lipinski definition) is 1. The Hall–Kier alpha value is -4.00. The van der Waals surface area contributed by atoms with Crippen LogP contribution in [0.15, 0.2) is 71.1 Å². The summed E-state index contributed by atoms with van der Waals surface area (Å²) < 4.78 is 24.8. The zero-order chi connectivity index (χ0) is 22.0. The number of carbonyl (C=O) groups is 2. The first-order valence-electron chi connectivity index (χ1n) is 9.65. The lowest BCUT2D eigenvalue weighted by Gasteiger charge is -2.15. The molecule has 0 aliphatic heterocycles. The van der Waals surface area contributed by atoms with E-state index in [1.165, 1.54) is 25.1 Å². The van der Waals surface area contributed by atoms with Gasteiger partial charge in [0.1, 0.15) is 17.3 Å². The number of nitrogens with one attached hydrogen (secondary N) is 1. The third-order valence-electron chi connectivity index (χ3n) is 4.71. The van der Waals surface area contributed by atoms with Crippen molar-refractivity contribution in [3.05, 3.63) is 83.9 Å². The van der Waals surface area contributed by atoms with Crippen LogP contribution in [0.3, 0.4) is 0 Å². The summed E-state index contributed by atoms with van der Waals surface area (Å²) in [6, 6.07) is 18.0. The van der Waals surface area contributed by atoms with Gasteiger partial charge in [-0.3, -0.25) is 4.79 Å². The van der Waals surface area contributed by atoms with E-state index < -0.39 is 23.8 Å². The fraction of sp³-hybridized carbons (Fsp3) is 0.125. The Balaban J connectivity index is 1.61. The molecule has 2 aromatic heterocycles. The van der Waals surface area contributed by atoms with E-state index in [9.17, 15) is 14.0 Å². The maximum absolute atomic E-state index is 13.8. The van der Waals surface area contributed by atoms with Crippen LogP contribution in [0.4, 0.5) is 10.1 Å². The van der Waals surface area contributed by atoms with Crippen LogP contribution < -0.4 is 5.32 Å². The lowest BCUT2D eigenvalue weighted by Crippen LogP contribution is -2.30. The molecule has 0 fully saturated rings. The fourth-order valence-electron chi connectivity index (χ4n) is 3.12. The summed E-state index contributed by atoms with van der Waals surface area (Å²) in [5, 5.41) is 3.01. The van der Waals surface area contributed by atoms with Crippen LogP contribution in [0.25, 0.3) is 22.4 Å². The molecule has 0 aliphatic carbocycles. The number of halogens is 1. The SMILES string of the molecule is Cc1ccc(-c2cc(C(=O)OC(C)C(=O)Nc3ccccc3F)c3ccccc3n2)o1. The van der Waals surface area contributed by atoms with E-state index in [0.717, 1.165) is 0 Å². The molecule has 4 aromatic rings. The van der Waals surface area contributed by atoms with E-state index in [2.05, 4.69) is 10.3 Å². The zero-order valence-corrected chi connectivity index (χ0v) is 16.9. The number of nitrogens with zero attached hydrogens (tertiary/aromatic N) is 1. The normalized spacial score (nSPS) is 11.8. The van der Waals surface area contributed by atoms with Gasteiger partial charge in [-0.25, -0.2) is 14.2 Å². The molecule has 6 nitrogen and oxygen atoms in total. The standard InChI is InChI=1S/C24H19FN2O4/c1-14-11-12-22(30-14)21-13-17(16-7-3-5-9-19(16)26-21)24(29)31-15(2)23(28)27-20-10-6-4-8-18(20)25/h3-13,15H,1-2H3,(H,27,28). The van der Waals surface area contributed by atoms with Crippen LogP contribution in [0, 0.1) is 12.7 Å². The molecule has 0 saturated carbocycles. The molecule has 1 atom stereocenters. The minimum absolute atomic E-state index is 0.0141. The number of anilines is 1. The molecule has 0 saturated heterocycles. The third kappa shape index (κ3) is 4.30. The van der Waals surface area contributed by atoms with Crippen molar-refractivity contribution in [2.45, 2.75) is 20.0 Å². The summed E-state index contributed by atoms with van der Waals surface area (Å²) in [5.74, 6) is -0.680. The van der Waals surface area contributed by atoms with E-state index in [4.69, 9.17) is 9.15 Å². The number of hydrogen-bond acceptors (Lipinski definition) is 5. The van der Waals surface area contributed by atoms with Crippen molar-refractivity contribution < 1.29 is 23.1 Å². The smallest absolute Gasteiger partial charge is 0.339 e. The highest BCUT2D eigenvalue weighted by Gasteiger charge is 2.22. The summed E-state index contributed by atoms with van der Waals surface area (Å²) in [5.41, 5.74) is 1.33. The predicted molar refractivity (Wildman–Crippen MR) is 114 cm³/mol. The summed E-state index contributed by atoms with van der Waals surface area (Å²) in [6.45, 7) is 3.24. The van der Waals surface area contributed by atoms with E-state index in [1.807, 2.05) is 13.0 Å². The van der Waals surface area contributed by atoms with Gasteiger partial charge < -0.3 is 14.5 Å². The van der Waals surface area contributed by atoms with Gasteiger partial charge in [-0.15, -0.1) is 0 Å². The minimum atomic E-state index is -1.15. The van der Waals surface area contributed by atoms with Crippen molar-refractivity contribution in [2.24, 2.45) is 0 Å². The highest BCUT2D eigenvalue weighted by Crippen LogP contribution is 2.27. The highest BCUT2D eigenvalue weighted by molar-refractivity contribution is 6.05. The Morgan fingerprint density at radius 1 is 1.06 bits per heavy atom. The molecular formula is C24H19FN2O4. The molecule has 2 heterocycles. The van der Waals surface area contributed by atoms with Crippen molar-refractivity contribution in [2.75, 3.05) is 5.32 Å². The van der Waals surface area contributed by atoms with Gasteiger partial charge in [0.05, 0.1) is 16.8 Å². The van der Waals surface area contributed by atoms with Gasteiger partial charge in [0.2, 0.25) is 0 Å². The molecule has 1 amide bonds. The number of carbonyl (C=O) groups excluding carboxylic acids is 2. The molecule has 2 aromatic carbocycles. The van der Waals surface area contributed by atoms with Crippen molar-refractivity contribution in [3.63, 3.8) is 0 Å². The second-order valence-corrected chi connectivity index (χ2v) is 7.00. The summed E-state index contributed by atoms with van der Waals surface area (Å²) in [6.07, 6.45) is -1.15. The van der Waals surface area contributed by atoms with Gasteiger partial charge >= 0.3 is 5.97 Å². The lowest BCUT2D eigenvalue weighted by molar-refractivity contribution is -0.123. The Bertz CT molecular complexity index is 1280. The third-order valence-corrected chi connectivity index (χ3v) is 4.71. The van der Waals surface area contributed by atoms with Crippen LogP contribution in [-0.4, -0.2) is 23.0 Å². The highest BCUT2D eigenvalue weighted by atomic mass is 19.1. The molecule has 4 rings (SSSR count). The van der Waals surface area contributed by atoms with Gasteiger partial charge in [0, 0.05) is 5.39 Å². The Morgan fingerprint density at radius 3 is 2.55 bits per heavy atom. The van der Waals surface area contributed by atoms with E-state index in [0.29, 0.717) is 28.1 Å². The van der Waals surface area contributed by atoms with Crippen molar-refractivity contribution in [1.82, 2.24) is 4.98 Å². The number of pyridine rings is 1. The minimum Gasteiger partial charge on any atom is -0.460 e. The number of ether oxygens (including phenoxy) is 1. The first-order valence-corrected chi connectivity index (χ1v) is 9.65. The average Bonchev–Trinajstić information content (AvgIpc) is 3.20. The van der Waals surface area contributed by atoms with Crippen LogP contribution in [0.1, 0.15) is 23.0 Å². The molecule has 7 heteroatoms. The Morgan fingerprint density at radius 2 is 1.81 bits per heavy atom. The topological polar surface area (TPSA) is 81.4 Å². The largest absolute Gasteiger partial charge is 0.460 e. The summed E-state index contributed by atoms with van der Waals surface area (Å²) in [7, 11) is 0. The zero-order valence-electron chi connectivity index (χ0n) is 16.9. The Kier molecular flexibility index (Phi) is 5.49. The maximum Gasteiger partial charge on any atom is 0.339 e. The number of fused-ring (bicyclic) bond motifs is 1. The van der Waals surface area contributed by atoms with E-state index >= 15 is 0 Å². The fourth-order valence-corrected chi connectivity index (χ4v) is 3.12. The Labute approximate surface area is 177 Å². The monoisotopic (exact) mass is 418 g/mol. The molecule has 31 heavy (non-hydrogen) atoms. The molecule has 0 aliphatic rings. The van der Waals surface area contributed by atoms with Crippen LogP contribution in [-0.2, 0) is 9.53 Å². The average molecular weight is 418 g/mol. The quantitative estimate of drug-likeness (QED) is 0.455. The van der Waals surface area contributed by atoms with E-state index in [1.54, 1.807) is 42.5 Å². The van der Waals surface area contributed by atoms with Gasteiger partial charge in [-0.2, -0.15) is 0 Å². The number of furan rings is 1. The number of rotatable bonds is 5. The number of amides is 1. The lowest BCUT2D eigenvalue weighted by atomic mass is 10.1. The molecule has 0 bridgehead atoms. The number of para-hydroxylation sites is 2. The first kappa shape index (κ1) is 20.3. The van der Waals surface area contributed by atoms with Gasteiger partial charge in [0.25, 0.3) is 5.91 Å². The second-order valence-electron chi connectivity index (χ2n) is 7.00. The van der Waals surface area contributed by atoms with Crippen LogP contribution in [0.2, 0.25) is 0 Å². The van der Waals surface area contributed by atoms with Gasteiger partial charge in [-0.05, 0) is 50.2 Å².